The van der Waals surface area contributed by atoms with Crippen molar-refractivity contribution in [3.63, 3.8) is 0 Å². The van der Waals surface area contributed by atoms with Crippen molar-refractivity contribution in [2.45, 2.75) is 110 Å². The van der Waals surface area contributed by atoms with Gasteiger partial charge in [-0.15, -0.1) is 0 Å². The maximum Gasteiger partial charge on any atom is 0.324 e. The molecule has 16 nitrogen and oxygen atoms in total. The molecule has 16 heteroatoms. The number of aryl methyl sites for hydroxylation is 2. The number of benzene rings is 2. The Hall–Kier alpha value is -6.13. The Kier molecular flexibility index (Phi) is 12.1. The van der Waals surface area contributed by atoms with Crippen LogP contribution in [0.4, 0.5) is 0 Å². The van der Waals surface area contributed by atoms with E-state index in [-0.39, 0.29) is 25.3 Å². The second kappa shape index (κ2) is 17.4. The first-order chi connectivity index (χ1) is 30.5. The first kappa shape index (κ1) is 44.5. The number of carbonyl (C=O) groups excluding carboxylic acids is 6. The Bertz CT molecular complexity index is 2530. The molecule has 0 radical (unpaired) electrons. The number of fused-ring (bicyclic) bond motifs is 7. The number of pyridine rings is 1. The minimum Gasteiger partial charge on any atom is -0.508 e. The maximum absolute atomic E-state index is 14.6. The molecule has 64 heavy (non-hydrogen) atoms. The Morgan fingerprint density at radius 1 is 1.02 bits per heavy atom. The van der Waals surface area contributed by atoms with Crippen LogP contribution < -0.4 is 16.1 Å². The van der Waals surface area contributed by atoms with Crippen LogP contribution >= 0.6 is 0 Å². The highest BCUT2D eigenvalue weighted by Crippen LogP contribution is 2.41. The third kappa shape index (κ3) is 8.48. The van der Waals surface area contributed by atoms with Crippen molar-refractivity contribution in [1.29, 1.82) is 0 Å². The van der Waals surface area contributed by atoms with Gasteiger partial charge in [0, 0.05) is 60.8 Å². The van der Waals surface area contributed by atoms with E-state index in [1.807, 2.05) is 24.5 Å². The molecule has 3 saturated heterocycles. The number of amides is 5. The summed E-state index contributed by atoms with van der Waals surface area (Å²) in [6, 6.07) is 9.05. The molecule has 5 amide bonds. The summed E-state index contributed by atoms with van der Waals surface area (Å²) in [5.41, 5.74) is 10.0. The van der Waals surface area contributed by atoms with Crippen molar-refractivity contribution in [3.8, 4) is 28.1 Å². The molecular formula is C48H58N8O8. The molecule has 4 aromatic rings. The molecule has 4 aliphatic heterocycles. The van der Waals surface area contributed by atoms with Crippen LogP contribution in [0.2, 0.25) is 0 Å². The molecule has 0 unspecified atom stereocenters. The lowest BCUT2D eigenvalue weighted by Crippen LogP contribution is -2.62. The van der Waals surface area contributed by atoms with E-state index in [0.29, 0.717) is 36.9 Å². The third-order valence-electron chi connectivity index (χ3n) is 13.0. The van der Waals surface area contributed by atoms with Gasteiger partial charge in [0.1, 0.15) is 42.5 Å². The number of imide groups is 1. The molecule has 4 aliphatic rings. The topological polar surface area (TPSA) is 205 Å². The van der Waals surface area contributed by atoms with Gasteiger partial charge in [0.15, 0.2) is 0 Å². The zero-order valence-corrected chi connectivity index (χ0v) is 37.6. The molecule has 338 valence electrons. The number of hydrogen-bond acceptors (Lipinski definition) is 11. The average Bonchev–Trinajstić information content (AvgIpc) is 3.97. The number of phenols is 1. The number of aromatic hydroxyl groups is 1. The number of nitrogens with one attached hydrogen (secondary N) is 3. The molecule has 0 saturated carbocycles. The van der Waals surface area contributed by atoms with Crippen LogP contribution in [0.5, 0.6) is 5.75 Å². The van der Waals surface area contributed by atoms with Gasteiger partial charge in [-0.05, 0) is 96.7 Å². The van der Waals surface area contributed by atoms with E-state index in [1.54, 1.807) is 26.0 Å². The molecule has 6 bridgehead atoms. The number of likely N-dealkylation sites (N-methyl/N-ethyl adjacent to an activating group) is 1. The predicted molar refractivity (Wildman–Crippen MR) is 238 cm³/mol. The van der Waals surface area contributed by atoms with Gasteiger partial charge in [-0.1, -0.05) is 46.8 Å². The second-order valence-electron chi connectivity index (χ2n) is 18.7. The van der Waals surface area contributed by atoms with Crippen molar-refractivity contribution in [2.24, 2.45) is 11.3 Å². The summed E-state index contributed by atoms with van der Waals surface area (Å²) in [5.74, 6) is -3.67. The van der Waals surface area contributed by atoms with Gasteiger partial charge in [-0.3, -0.25) is 49.0 Å². The van der Waals surface area contributed by atoms with Gasteiger partial charge in [-0.2, -0.15) is 0 Å². The normalized spacial score (nSPS) is 22.6. The fourth-order valence-corrected chi connectivity index (χ4v) is 9.71. The van der Waals surface area contributed by atoms with Gasteiger partial charge in [0.05, 0.1) is 12.3 Å². The van der Waals surface area contributed by atoms with Crippen molar-refractivity contribution in [1.82, 2.24) is 40.4 Å². The monoisotopic (exact) mass is 874 g/mol. The van der Waals surface area contributed by atoms with E-state index < -0.39 is 83.6 Å². The molecular weight excluding hydrogens is 817 g/mol. The number of cyclic esters (lactones) is 1. The summed E-state index contributed by atoms with van der Waals surface area (Å²) in [4.78, 5) is 88.4. The average molecular weight is 875 g/mol. The third-order valence-corrected chi connectivity index (χ3v) is 13.0. The SMILES string of the molecule is CCc1ccncc1-c1c2c3cc(ccc3n1CC)-c1cc(O)cc(c1)C[C@H](NC(=O)[C@H](C(C)C)N(C)C(=O)CN1C(=O)[C@H]3N[C@H]3C1=O)C(=O)N1CCC[C@H](N1)C(=O)OCC(C)(C)C2. The molecule has 0 spiro atoms. The second-order valence-corrected chi connectivity index (χ2v) is 18.7. The van der Waals surface area contributed by atoms with Crippen LogP contribution in [0.15, 0.2) is 54.9 Å². The van der Waals surface area contributed by atoms with Crippen LogP contribution in [0.1, 0.15) is 71.1 Å². The predicted octanol–water partition coefficient (Wildman–Crippen LogP) is 3.50. The summed E-state index contributed by atoms with van der Waals surface area (Å²) < 4.78 is 8.38. The van der Waals surface area contributed by atoms with Crippen molar-refractivity contribution in [3.05, 3.63) is 71.5 Å². The van der Waals surface area contributed by atoms with Crippen LogP contribution in [0, 0.1) is 11.3 Å². The van der Waals surface area contributed by atoms with Crippen molar-refractivity contribution in [2.75, 3.05) is 26.7 Å². The number of hydrogen-bond donors (Lipinski definition) is 4. The summed E-state index contributed by atoms with van der Waals surface area (Å²) in [7, 11) is 1.44. The van der Waals surface area contributed by atoms with Crippen molar-refractivity contribution < 1.29 is 38.6 Å². The largest absolute Gasteiger partial charge is 0.508 e. The van der Waals surface area contributed by atoms with Crippen LogP contribution in [-0.4, -0.2) is 122 Å². The molecule has 2 aromatic carbocycles. The van der Waals surface area contributed by atoms with E-state index in [4.69, 9.17) is 4.74 Å². The number of likely N-dealkylation sites (tertiary alicyclic amines) is 1. The van der Waals surface area contributed by atoms with Crippen molar-refractivity contribution >= 4 is 46.4 Å². The lowest BCUT2D eigenvalue weighted by Gasteiger charge is -2.37. The number of piperazine rings is 1. The minimum absolute atomic E-state index is 0.0289. The smallest absolute Gasteiger partial charge is 0.324 e. The summed E-state index contributed by atoms with van der Waals surface area (Å²) in [6.07, 6.45) is 5.98. The number of nitrogens with zero attached hydrogens (tertiary/aromatic N) is 5. The highest BCUT2D eigenvalue weighted by atomic mass is 16.5. The highest BCUT2D eigenvalue weighted by molar-refractivity contribution is 6.14. The Labute approximate surface area is 372 Å². The minimum atomic E-state index is -1.21. The van der Waals surface area contributed by atoms with Gasteiger partial charge < -0.3 is 24.6 Å². The van der Waals surface area contributed by atoms with Gasteiger partial charge in [0.2, 0.25) is 23.6 Å². The number of hydrazine groups is 1. The van der Waals surface area contributed by atoms with Gasteiger partial charge >= 0.3 is 5.97 Å². The molecule has 5 atom stereocenters. The lowest BCUT2D eigenvalue weighted by molar-refractivity contribution is -0.156. The molecule has 3 fully saturated rings. The first-order valence-corrected chi connectivity index (χ1v) is 22.3. The fourth-order valence-electron chi connectivity index (χ4n) is 9.71. The Balaban J connectivity index is 1.18. The number of aromatic nitrogens is 2. The number of ether oxygens (including phenoxy) is 1. The highest BCUT2D eigenvalue weighted by Gasteiger charge is 2.59. The quantitative estimate of drug-likeness (QED) is 0.109. The van der Waals surface area contributed by atoms with Gasteiger partial charge in [-0.25, -0.2) is 5.43 Å². The van der Waals surface area contributed by atoms with Gasteiger partial charge in [0.25, 0.3) is 5.91 Å². The summed E-state index contributed by atoms with van der Waals surface area (Å²) in [6.45, 7) is 12.5. The molecule has 2 aromatic heterocycles. The standard InChI is InChI=1S/C48H58N8O8/c1-8-28-14-15-49-23-34(28)42-33-22-48(5,6)25-64-47(63)35-11-10-16-56(52-35)44(60)36(19-27-17-30(20-31(57)18-27)29-12-13-37(32(33)21-29)54(42)9-2)50-43(59)41(26(3)4)53(7)38(58)24-55-45(61)39-40(51-39)46(55)62/h12-15,17-18,20-21,23,26,35-36,39-41,51-52,57H,8-11,16,19,22,24-25H2,1-7H3,(H,50,59)/t35-,36-,39-,40+,41-/m0/s1. The molecule has 6 heterocycles. The Morgan fingerprint density at radius 3 is 2.47 bits per heavy atom. The van der Waals surface area contributed by atoms with Crippen LogP contribution in [0.25, 0.3) is 33.3 Å². The van der Waals surface area contributed by atoms with E-state index in [0.717, 1.165) is 50.2 Å². The number of esters is 1. The van der Waals surface area contributed by atoms with E-state index in [2.05, 4.69) is 71.5 Å². The Morgan fingerprint density at radius 2 is 1.77 bits per heavy atom. The summed E-state index contributed by atoms with van der Waals surface area (Å²) in [5, 5.41) is 19.3. The number of carbonyl (C=O) groups is 6. The summed E-state index contributed by atoms with van der Waals surface area (Å²) >= 11 is 0. The zero-order chi connectivity index (χ0) is 45.8. The first-order valence-electron chi connectivity index (χ1n) is 22.3. The van der Waals surface area contributed by atoms with E-state index in [1.165, 1.54) is 17.0 Å². The molecule has 8 rings (SSSR count). The fraction of sp³-hybridized carbons (Fsp3) is 0.479. The molecule has 0 aliphatic carbocycles. The number of rotatable bonds is 9. The molecule has 4 N–H and O–H groups in total. The van der Waals surface area contributed by atoms with E-state index in [9.17, 15) is 33.9 Å². The zero-order valence-electron chi connectivity index (χ0n) is 37.6. The van der Waals surface area contributed by atoms with Crippen LogP contribution in [-0.2, 0) is 59.3 Å². The van der Waals surface area contributed by atoms with E-state index >= 15 is 0 Å². The lowest BCUT2D eigenvalue weighted by atomic mass is 9.84. The maximum atomic E-state index is 14.6. The number of phenolic OH excluding ortho intramolecular Hbond substituents is 1. The van der Waals surface area contributed by atoms with Crippen LogP contribution in [0.3, 0.4) is 0 Å².